The minimum atomic E-state index is -0.185. The number of amides is 1. The first kappa shape index (κ1) is 14.0. The van der Waals surface area contributed by atoms with Gasteiger partial charge in [-0.2, -0.15) is 16.3 Å². The molecule has 0 aliphatic carbocycles. The van der Waals surface area contributed by atoms with Crippen molar-refractivity contribution < 1.29 is 4.79 Å². The molecule has 1 fully saturated rings. The SMILES string of the molecule is Cl.O=C1N=C(N2CCNCC2)N/C1=C\c1ccsc1. The van der Waals surface area contributed by atoms with Gasteiger partial charge in [0.25, 0.3) is 5.91 Å². The molecule has 2 N–H and O–H groups in total. The summed E-state index contributed by atoms with van der Waals surface area (Å²) in [5, 5.41) is 10.4. The maximum Gasteiger partial charge on any atom is 0.296 e. The molecule has 1 aromatic rings. The van der Waals surface area contributed by atoms with Crippen LogP contribution in [-0.2, 0) is 4.79 Å². The van der Waals surface area contributed by atoms with Gasteiger partial charge in [0, 0.05) is 26.2 Å². The van der Waals surface area contributed by atoms with E-state index in [9.17, 15) is 4.79 Å². The number of piperazine rings is 1. The van der Waals surface area contributed by atoms with Crippen LogP contribution in [-0.4, -0.2) is 42.9 Å². The smallest absolute Gasteiger partial charge is 0.296 e. The van der Waals surface area contributed by atoms with Gasteiger partial charge in [0.2, 0.25) is 5.96 Å². The van der Waals surface area contributed by atoms with Gasteiger partial charge in [0.1, 0.15) is 5.70 Å². The van der Waals surface area contributed by atoms with Crippen molar-refractivity contribution >= 4 is 41.7 Å². The molecule has 3 rings (SSSR count). The Balaban J connectivity index is 0.00000133. The van der Waals surface area contributed by atoms with Crippen LogP contribution in [0.15, 0.2) is 27.5 Å². The Kier molecular flexibility index (Phi) is 4.57. The summed E-state index contributed by atoms with van der Waals surface area (Å²) in [6.07, 6.45) is 1.84. The molecule has 0 bridgehead atoms. The van der Waals surface area contributed by atoms with Crippen molar-refractivity contribution in [1.29, 1.82) is 0 Å². The Bertz CT molecular complexity index is 506. The normalized spacial score (nSPS) is 21.1. The van der Waals surface area contributed by atoms with Gasteiger partial charge in [0.15, 0.2) is 0 Å². The number of guanidine groups is 1. The maximum atomic E-state index is 11.8. The average Bonchev–Trinajstić information content (AvgIpc) is 3.02. The van der Waals surface area contributed by atoms with E-state index in [0.717, 1.165) is 31.7 Å². The van der Waals surface area contributed by atoms with E-state index in [1.807, 2.05) is 22.9 Å². The van der Waals surface area contributed by atoms with E-state index in [1.165, 1.54) is 0 Å². The zero-order chi connectivity index (χ0) is 12.4. The molecule has 0 atom stereocenters. The van der Waals surface area contributed by atoms with Gasteiger partial charge < -0.3 is 15.5 Å². The van der Waals surface area contributed by atoms with Crippen molar-refractivity contribution in [2.45, 2.75) is 0 Å². The molecule has 0 unspecified atom stereocenters. The molecule has 0 radical (unpaired) electrons. The summed E-state index contributed by atoms with van der Waals surface area (Å²) in [4.78, 5) is 18.0. The first-order chi connectivity index (χ1) is 8.83. The quantitative estimate of drug-likeness (QED) is 0.757. The lowest BCUT2D eigenvalue weighted by Crippen LogP contribution is -2.49. The Morgan fingerprint density at radius 1 is 1.37 bits per heavy atom. The summed E-state index contributed by atoms with van der Waals surface area (Å²) in [6, 6.07) is 1.98. The topological polar surface area (TPSA) is 56.7 Å². The highest BCUT2D eigenvalue weighted by molar-refractivity contribution is 7.08. The second kappa shape index (κ2) is 6.18. The first-order valence-corrected chi connectivity index (χ1v) is 6.87. The highest BCUT2D eigenvalue weighted by atomic mass is 35.5. The van der Waals surface area contributed by atoms with Crippen molar-refractivity contribution in [1.82, 2.24) is 15.5 Å². The fourth-order valence-electron chi connectivity index (χ4n) is 2.01. The van der Waals surface area contributed by atoms with Gasteiger partial charge in [-0.3, -0.25) is 4.79 Å². The molecule has 1 aromatic heterocycles. The fraction of sp³-hybridized carbons (Fsp3) is 0.333. The van der Waals surface area contributed by atoms with Crippen molar-refractivity contribution in [2.24, 2.45) is 4.99 Å². The minimum absolute atomic E-state index is 0. The Labute approximate surface area is 121 Å². The van der Waals surface area contributed by atoms with Gasteiger partial charge in [-0.25, -0.2) is 0 Å². The van der Waals surface area contributed by atoms with E-state index in [2.05, 4.69) is 20.5 Å². The summed E-state index contributed by atoms with van der Waals surface area (Å²) >= 11 is 1.61. The Hall–Kier alpha value is -1.37. The number of aliphatic imine (C=N–C) groups is 1. The fourth-order valence-corrected chi connectivity index (χ4v) is 2.62. The third-order valence-electron chi connectivity index (χ3n) is 2.96. The molecule has 0 spiro atoms. The van der Waals surface area contributed by atoms with Crippen LogP contribution < -0.4 is 10.6 Å². The number of carbonyl (C=O) groups is 1. The van der Waals surface area contributed by atoms with E-state index in [0.29, 0.717) is 11.7 Å². The standard InChI is InChI=1S/C12H14N4OS.ClH/c17-11-10(7-9-1-6-18-8-9)14-12(15-11)16-4-2-13-3-5-16;/h1,6-8,13H,2-5H2,(H,14,15,17);1H/b10-7-;. The predicted octanol–water partition coefficient (Wildman–Crippen LogP) is 0.902. The highest BCUT2D eigenvalue weighted by Gasteiger charge is 2.24. The summed E-state index contributed by atoms with van der Waals surface area (Å²) < 4.78 is 0. The third-order valence-corrected chi connectivity index (χ3v) is 3.66. The van der Waals surface area contributed by atoms with Crippen LogP contribution in [0.4, 0.5) is 0 Å². The molecule has 19 heavy (non-hydrogen) atoms. The zero-order valence-electron chi connectivity index (χ0n) is 10.3. The number of rotatable bonds is 1. The number of thiophene rings is 1. The summed E-state index contributed by atoms with van der Waals surface area (Å²) in [5.74, 6) is 0.498. The zero-order valence-corrected chi connectivity index (χ0v) is 11.9. The van der Waals surface area contributed by atoms with Crippen LogP contribution in [0, 0.1) is 0 Å². The van der Waals surface area contributed by atoms with Gasteiger partial charge in [-0.1, -0.05) is 0 Å². The van der Waals surface area contributed by atoms with Gasteiger partial charge in [-0.05, 0) is 28.5 Å². The van der Waals surface area contributed by atoms with Gasteiger partial charge in [0.05, 0.1) is 0 Å². The number of nitrogens with one attached hydrogen (secondary N) is 2. The van der Waals surface area contributed by atoms with Crippen molar-refractivity contribution in [3.63, 3.8) is 0 Å². The van der Waals surface area contributed by atoms with Crippen molar-refractivity contribution in [3.05, 3.63) is 28.1 Å². The lowest BCUT2D eigenvalue weighted by Gasteiger charge is -2.28. The lowest BCUT2D eigenvalue weighted by molar-refractivity contribution is -0.114. The maximum absolute atomic E-state index is 11.8. The highest BCUT2D eigenvalue weighted by Crippen LogP contribution is 2.14. The average molecular weight is 299 g/mol. The predicted molar refractivity (Wildman–Crippen MR) is 79.6 cm³/mol. The van der Waals surface area contributed by atoms with Crippen LogP contribution in [0.5, 0.6) is 0 Å². The van der Waals surface area contributed by atoms with Crippen LogP contribution in [0.3, 0.4) is 0 Å². The molecule has 0 saturated carbocycles. The van der Waals surface area contributed by atoms with E-state index in [4.69, 9.17) is 0 Å². The van der Waals surface area contributed by atoms with E-state index < -0.39 is 0 Å². The van der Waals surface area contributed by atoms with Gasteiger partial charge in [-0.15, -0.1) is 12.4 Å². The lowest BCUT2D eigenvalue weighted by atomic mass is 10.2. The molecule has 1 amide bonds. The van der Waals surface area contributed by atoms with E-state index in [1.54, 1.807) is 11.3 Å². The molecule has 7 heteroatoms. The van der Waals surface area contributed by atoms with Crippen molar-refractivity contribution in [3.8, 4) is 0 Å². The summed E-state index contributed by atoms with van der Waals surface area (Å²) in [7, 11) is 0. The van der Waals surface area contributed by atoms with Gasteiger partial charge >= 0.3 is 0 Å². The monoisotopic (exact) mass is 298 g/mol. The summed E-state index contributed by atoms with van der Waals surface area (Å²) in [5.41, 5.74) is 1.59. The molecular formula is C12H15ClN4OS. The van der Waals surface area contributed by atoms with E-state index in [-0.39, 0.29) is 18.3 Å². The van der Waals surface area contributed by atoms with Crippen LogP contribution >= 0.6 is 23.7 Å². The first-order valence-electron chi connectivity index (χ1n) is 5.92. The number of nitrogens with zero attached hydrogens (tertiary/aromatic N) is 2. The number of hydrogen-bond acceptors (Lipinski definition) is 5. The molecular weight excluding hydrogens is 284 g/mol. The Morgan fingerprint density at radius 2 is 2.16 bits per heavy atom. The number of hydrogen-bond donors (Lipinski definition) is 2. The van der Waals surface area contributed by atoms with Crippen LogP contribution in [0.2, 0.25) is 0 Å². The molecule has 0 aromatic carbocycles. The largest absolute Gasteiger partial charge is 0.340 e. The molecule has 1 saturated heterocycles. The molecule has 2 aliphatic rings. The third kappa shape index (κ3) is 3.15. The van der Waals surface area contributed by atoms with Crippen LogP contribution in [0.25, 0.3) is 6.08 Å². The van der Waals surface area contributed by atoms with Crippen molar-refractivity contribution in [2.75, 3.05) is 26.2 Å². The second-order valence-electron chi connectivity index (χ2n) is 4.22. The second-order valence-corrected chi connectivity index (χ2v) is 5.00. The van der Waals surface area contributed by atoms with Crippen LogP contribution in [0.1, 0.15) is 5.56 Å². The molecule has 3 heterocycles. The minimum Gasteiger partial charge on any atom is -0.340 e. The molecule has 102 valence electrons. The molecule has 5 nitrogen and oxygen atoms in total. The number of halogens is 1. The Morgan fingerprint density at radius 3 is 2.84 bits per heavy atom. The van der Waals surface area contributed by atoms with E-state index >= 15 is 0 Å². The number of carbonyl (C=O) groups excluding carboxylic acids is 1. The molecule has 2 aliphatic heterocycles. The summed E-state index contributed by atoms with van der Waals surface area (Å²) in [6.45, 7) is 3.62.